The van der Waals surface area contributed by atoms with Crippen molar-refractivity contribution < 1.29 is 18.9 Å². The zero-order valence-electron chi connectivity index (χ0n) is 12.4. The van der Waals surface area contributed by atoms with Gasteiger partial charge in [0.2, 0.25) is 0 Å². The minimum Gasteiger partial charge on any atom is -0.379 e. The third kappa shape index (κ3) is 10.1. The lowest BCUT2D eigenvalue weighted by Gasteiger charge is -2.04. The molecule has 4 nitrogen and oxygen atoms in total. The zero-order chi connectivity index (χ0) is 14.0. The summed E-state index contributed by atoms with van der Waals surface area (Å²) < 4.78 is 29.1. The third-order valence-electron chi connectivity index (χ3n) is 2.78. The number of hydrogen-bond acceptors (Lipinski definition) is 5. The van der Waals surface area contributed by atoms with Crippen LogP contribution in [0.4, 0.5) is 0 Å². The zero-order valence-corrected chi connectivity index (χ0v) is 13.1. The molecule has 0 bridgehead atoms. The van der Waals surface area contributed by atoms with Crippen LogP contribution in [0.25, 0.3) is 0 Å². The van der Waals surface area contributed by atoms with Crippen LogP contribution in [-0.4, -0.2) is 70.5 Å². The minimum atomic E-state index is -0.581. The average Bonchev–Trinajstić information content (AvgIpc) is 3.31. The van der Waals surface area contributed by atoms with Crippen LogP contribution in [0, 0.1) is 0 Å². The summed E-state index contributed by atoms with van der Waals surface area (Å²) in [4.78, 5) is 0. The van der Waals surface area contributed by atoms with Gasteiger partial charge in [0.1, 0.15) is 12.2 Å². The Bertz CT molecular complexity index is 255. The number of thioether (sulfide) groups is 1. The predicted molar refractivity (Wildman–Crippen MR) is 80.9 cm³/mol. The first-order valence-corrected chi connectivity index (χ1v) is 9.47. The van der Waals surface area contributed by atoms with E-state index in [1.54, 1.807) is 0 Å². The lowest BCUT2D eigenvalue weighted by atomic mass is 10.5. The molecule has 0 saturated carbocycles. The molecule has 6 heteroatoms. The summed E-state index contributed by atoms with van der Waals surface area (Å²) in [6.45, 7) is 4.81. The Hall–Kier alpha value is 0.620. The molecular formula is C13H25O4PS. The normalized spacial score (nSPS) is 27.1. The van der Waals surface area contributed by atoms with Gasteiger partial charge in [0.15, 0.2) is 0 Å². The first-order chi connectivity index (χ1) is 9.84. The van der Waals surface area contributed by atoms with Gasteiger partial charge in [-0.1, -0.05) is 0 Å². The lowest BCUT2D eigenvalue weighted by Crippen LogP contribution is -2.03. The standard InChI is InChI=1S/C13H25O4PS/c1(3-14-7-12-9-16-12)5-18-11-19-6-2-4-15-8-13-10-17-13/h12-13,18H,1-11H2/i18D. The summed E-state index contributed by atoms with van der Waals surface area (Å²) in [6, 6.07) is 0. The van der Waals surface area contributed by atoms with E-state index in [0.717, 1.165) is 69.9 Å². The van der Waals surface area contributed by atoms with Gasteiger partial charge in [-0.3, -0.25) is 0 Å². The predicted octanol–water partition coefficient (Wildman–Crippen LogP) is 1.97. The largest absolute Gasteiger partial charge is 0.379 e. The molecule has 0 aliphatic carbocycles. The number of rotatable bonds is 14. The highest BCUT2D eigenvalue weighted by molar-refractivity contribution is 8.03. The smallest absolute Gasteiger partial charge is 0.104 e. The fraction of sp³-hybridized carbons (Fsp3) is 1.00. The van der Waals surface area contributed by atoms with E-state index in [9.17, 15) is 0 Å². The minimum absolute atomic E-state index is 0.358. The fourth-order valence-corrected chi connectivity index (χ4v) is 3.72. The van der Waals surface area contributed by atoms with E-state index in [1.807, 2.05) is 11.8 Å². The molecule has 0 spiro atoms. The number of epoxide rings is 2. The summed E-state index contributed by atoms with van der Waals surface area (Å²) in [5.41, 5.74) is 0.979. The highest BCUT2D eigenvalue weighted by Crippen LogP contribution is 2.20. The van der Waals surface area contributed by atoms with Crippen LogP contribution in [0.5, 0.6) is 0 Å². The Balaban J connectivity index is 1.26. The Morgan fingerprint density at radius 2 is 1.74 bits per heavy atom. The van der Waals surface area contributed by atoms with Gasteiger partial charge in [-0.15, -0.1) is 8.53 Å². The van der Waals surface area contributed by atoms with Crippen molar-refractivity contribution in [3.8, 4) is 0 Å². The second-order valence-electron chi connectivity index (χ2n) is 4.75. The van der Waals surface area contributed by atoms with Crippen molar-refractivity contribution in [2.24, 2.45) is 0 Å². The summed E-state index contributed by atoms with van der Waals surface area (Å²) in [7, 11) is -0.581. The van der Waals surface area contributed by atoms with Crippen LogP contribution in [0.2, 0.25) is 0 Å². The molecule has 19 heavy (non-hydrogen) atoms. The Labute approximate surface area is 123 Å². The van der Waals surface area contributed by atoms with E-state index < -0.39 is 8.53 Å². The maximum atomic E-state index is 8.00. The first kappa shape index (κ1) is 14.6. The monoisotopic (exact) mass is 309 g/mol. The van der Waals surface area contributed by atoms with E-state index >= 15 is 0 Å². The molecule has 112 valence electrons. The molecule has 0 N–H and O–H groups in total. The molecule has 0 aromatic heterocycles. The molecule has 3 unspecified atom stereocenters. The fourth-order valence-electron chi connectivity index (χ4n) is 1.49. The van der Waals surface area contributed by atoms with Crippen LogP contribution in [0.1, 0.15) is 12.8 Å². The quantitative estimate of drug-likeness (QED) is 0.279. The Morgan fingerprint density at radius 3 is 2.37 bits per heavy atom. The van der Waals surface area contributed by atoms with E-state index in [1.165, 1.54) is 0 Å². The van der Waals surface area contributed by atoms with Crippen LogP contribution < -0.4 is 0 Å². The van der Waals surface area contributed by atoms with Crippen LogP contribution in [-0.2, 0) is 18.9 Å². The molecule has 0 radical (unpaired) electrons. The van der Waals surface area contributed by atoms with Gasteiger partial charge < -0.3 is 18.9 Å². The van der Waals surface area contributed by atoms with Crippen LogP contribution >= 0.6 is 20.3 Å². The molecule has 2 aliphatic heterocycles. The molecule has 3 atom stereocenters. The highest BCUT2D eigenvalue weighted by Gasteiger charge is 2.22. The van der Waals surface area contributed by atoms with Crippen molar-refractivity contribution in [2.75, 3.05) is 57.0 Å². The lowest BCUT2D eigenvalue weighted by molar-refractivity contribution is 0.117. The average molecular weight is 309 g/mol. The SMILES string of the molecule is [2H]P(CCCOCC1CO1)CSCCCOCC1CO1. The second-order valence-corrected chi connectivity index (χ2v) is 7.50. The van der Waals surface area contributed by atoms with Gasteiger partial charge in [-0.05, 0) is 24.8 Å². The van der Waals surface area contributed by atoms with Crippen molar-refractivity contribution >= 4 is 20.3 Å². The maximum absolute atomic E-state index is 8.00. The van der Waals surface area contributed by atoms with Gasteiger partial charge >= 0.3 is 0 Å². The van der Waals surface area contributed by atoms with Crippen molar-refractivity contribution in [1.82, 2.24) is 0 Å². The number of ether oxygens (including phenoxy) is 4. The maximum Gasteiger partial charge on any atom is 0.104 e. The summed E-state index contributed by atoms with van der Waals surface area (Å²) in [5, 5.41) is 0. The van der Waals surface area contributed by atoms with Crippen LogP contribution in [0.15, 0.2) is 0 Å². The van der Waals surface area contributed by atoms with Gasteiger partial charge in [0.05, 0.1) is 27.7 Å². The molecule has 2 saturated heterocycles. The Morgan fingerprint density at radius 1 is 1.11 bits per heavy atom. The van der Waals surface area contributed by atoms with Crippen molar-refractivity contribution in [3.63, 3.8) is 0 Å². The molecule has 2 aliphatic rings. The summed E-state index contributed by atoms with van der Waals surface area (Å²) in [5.74, 6) is 1.10. The van der Waals surface area contributed by atoms with E-state index in [2.05, 4.69) is 0 Å². The molecule has 0 amide bonds. The second kappa shape index (κ2) is 10.4. The van der Waals surface area contributed by atoms with Crippen molar-refractivity contribution in [3.05, 3.63) is 0 Å². The van der Waals surface area contributed by atoms with Gasteiger partial charge in [-0.25, -0.2) is 0 Å². The summed E-state index contributed by atoms with van der Waals surface area (Å²) in [6.07, 6.45) is 3.80. The molecule has 2 fully saturated rings. The van der Waals surface area contributed by atoms with E-state index in [4.69, 9.17) is 20.2 Å². The molecular weight excluding hydrogens is 283 g/mol. The van der Waals surface area contributed by atoms with Crippen LogP contribution in [0.3, 0.4) is 0 Å². The Kier molecular flexibility index (Phi) is 7.94. The van der Waals surface area contributed by atoms with Gasteiger partial charge in [-0.2, -0.15) is 11.8 Å². The van der Waals surface area contributed by atoms with Gasteiger partial charge in [0.25, 0.3) is 0 Å². The van der Waals surface area contributed by atoms with E-state index in [0.29, 0.717) is 12.2 Å². The highest BCUT2D eigenvalue weighted by atomic mass is 32.2. The molecule has 2 rings (SSSR count). The topological polar surface area (TPSA) is 43.5 Å². The third-order valence-corrected chi connectivity index (χ3v) is 5.45. The van der Waals surface area contributed by atoms with Crippen molar-refractivity contribution in [1.29, 1.82) is 1.28 Å². The molecule has 0 aromatic carbocycles. The molecule has 0 aromatic rings. The van der Waals surface area contributed by atoms with Crippen molar-refractivity contribution in [2.45, 2.75) is 25.0 Å². The summed E-state index contributed by atoms with van der Waals surface area (Å²) >= 11 is 1.88. The van der Waals surface area contributed by atoms with Gasteiger partial charge in [0, 0.05) is 18.7 Å². The van der Waals surface area contributed by atoms with E-state index in [-0.39, 0.29) is 0 Å². The molecule has 2 heterocycles. The number of hydrogen-bond donors (Lipinski definition) is 0. The first-order valence-electron chi connectivity index (χ1n) is 7.49.